The normalized spacial score (nSPS) is 22.9. The third-order valence-electron chi connectivity index (χ3n) is 3.05. The second kappa shape index (κ2) is 7.85. The Balaban J connectivity index is 2.47. The van der Waals surface area contributed by atoms with E-state index in [9.17, 15) is 9.59 Å². The fourth-order valence-corrected chi connectivity index (χ4v) is 2.07. The van der Waals surface area contributed by atoms with E-state index in [0.717, 1.165) is 12.8 Å². The van der Waals surface area contributed by atoms with E-state index in [0.29, 0.717) is 19.4 Å². The molecule has 18 heavy (non-hydrogen) atoms. The van der Waals surface area contributed by atoms with Crippen LogP contribution in [0.25, 0.3) is 0 Å². The molecule has 0 aromatic heterocycles. The number of carbonyl (C=O) groups is 2. The van der Waals surface area contributed by atoms with Gasteiger partial charge in [0.05, 0.1) is 13.0 Å². The quantitative estimate of drug-likeness (QED) is 0.515. The molecular formula is C15H22O3. The van der Waals surface area contributed by atoms with Gasteiger partial charge in [0.2, 0.25) is 0 Å². The van der Waals surface area contributed by atoms with E-state index in [2.05, 4.69) is 13.0 Å². The van der Waals surface area contributed by atoms with E-state index in [4.69, 9.17) is 4.74 Å². The first-order chi connectivity index (χ1) is 8.69. The van der Waals surface area contributed by atoms with E-state index in [-0.39, 0.29) is 23.6 Å². The van der Waals surface area contributed by atoms with Crippen molar-refractivity contribution in [2.75, 3.05) is 6.61 Å². The molecule has 3 nitrogen and oxygen atoms in total. The van der Waals surface area contributed by atoms with Crippen LogP contribution in [-0.4, -0.2) is 18.4 Å². The van der Waals surface area contributed by atoms with Crippen LogP contribution in [0.5, 0.6) is 0 Å². The third-order valence-corrected chi connectivity index (χ3v) is 3.05. The molecular weight excluding hydrogens is 228 g/mol. The summed E-state index contributed by atoms with van der Waals surface area (Å²) in [4.78, 5) is 23.3. The number of allylic oxidation sites excluding steroid dienone is 4. The number of ether oxygens (including phenoxy) is 1. The SMILES string of the molecule is CC/C=C\C[C@H]1C(=O)C=C[C@H]1CC(=O)OCCC. The number of hydrogen-bond donors (Lipinski definition) is 0. The molecule has 0 saturated heterocycles. The predicted octanol–water partition coefficient (Wildman–Crippen LogP) is 3.06. The maximum atomic E-state index is 11.7. The molecule has 0 aromatic rings. The number of hydrogen-bond acceptors (Lipinski definition) is 3. The van der Waals surface area contributed by atoms with Gasteiger partial charge in [0.25, 0.3) is 0 Å². The molecule has 0 aromatic carbocycles. The molecule has 2 atom stereocenters. The summed E-state index contributed by atoms with van der Waals surface area (Å²) in [5, 5.41) is 0. The van der Waals surface area contributed by atoms with Gasteiger partial charge < -0.3 is 4.74 Å². The van der Waals surface area contributed by atoms with Crippen LogP contribution in [0.15, 0.2) is 24.3 Å². The smallest absolute Gasteiger partial charge is 0.306 e. The maximum absolute atomic E-state index is 11.7. The average molecular weight is 250 g/mol. The summed E-state index contributed by atoms with van der Waals surface area (Å²) >= 11 is 0. The van der Waals surface area contributed by atoms with Gasteiger partial charge in [-0.05, 0) is 31.3 Å². The summed E-state index contributed by atoms with van der Waals surface area (Å²) in [7, 11) is 0. The zero-order chi connectivity index (χ0) is 13.4. The van der Waals surface area contributed by atoms with Gasteiger partial charge in [-0.25, -0.2) is 0 Å². The third kappa shape index (κ3) is 4.47. The summed E-state index contributed by atoms with van der Waals surface area (Å²) in [6, 6.07) is 0. The van der Waals surface area contributed by atoms with E-state index in [1.165, 1.54) is 0 Å². The molecule has 0 radical (unpaired) electrons. The topological polar surface area (TPSA) is 43.4 Å². The standard InChI is InChI=1S/C15H22O3/c1-3-5-6-7-13-12(8-9-14(13)16)11-15(17)18-10-4-2/h5-6,8-9,12-13H,3-4,7,10-11H2,1-2H3/b6-5-/t12-,13+/m0/s1. The number of esters is 1. The second-order valence-electron chi connectivity index (χ2n) is 4.57. The van der Waals surface area contributed by atoms with Crippen molar-refractivity contribution >= 4 is 11.8 Å². The molecule has 0 heterocycles. The van der Waals surface area contributed by atoms with Crippen LogP contribution in [0.2, 0.25) is 0 Å². The van der Waals surface area contributed by atoms with Crippen LogP contribution in [-0.2, 0) is 14.3 Å². The average Bonchev–Trinajstić information content (AvgIpc) is 2.69. The Hall–Kier alpha value is -1.38. The van der Waals surface area contributed by atoms with Crippen molar-refractivity contribution in [2.45, 2.75) is 39.5 Å². The summed E-state index contributed by atoms with van der Waals surface area (Å²) in [5.74, 6) is -0.153. The molecule has 0 unspecified atom stereocenters. The summed E-state index contributed by atoms with van der Waals surface area (Å²) < 4.78 is 5.06. The molecule has 0 N–H and O–H groups in total. The molecule has 1 aliphatic rings. The molecule has 0 amide bonds. The summed E-state index contributed by atoms with van der Waals surface area (Å²) in [6.45, 7) is 4.49. The number of rotatable bonds is 7. The minimum Gasteiger partial charge on any atom is -0.466 e. The van der Waals surface area contributed by atoms with Crippen molar-refractivity contribution in [1.82, 2.24) is 0 Å². The Morgan fingerprint density at radius 3 is 2.83 bits per heavy atom. The molecule has 0 spiro atoms. The molecule has 0 fully saturated rings. The molecule has 1 rings (SSSR count). The van der Waals surface area contributed by atoms with Gasteiger partial charge in [-0.1, -0.05) is 32.1 Å². The first-order valence-electron chi connectivity index (χ1n) is 6.71. The van der Waals surface area contributed by atoms with Crippen molar-refractivity contribution in [2.24, 2.45) is 11.8 Å². The molecule has 0 aliphatic heterocycles. The van der Waals surface area contributed by atoms with Gasteiger partial charge in [0.1, 0.15) is 0 Å². The minimum atomic E-state index is -0.203. The summed E-state index contributed by atoms with van der Waals surface area (Å²) in [5.41, 5.74) is 0. The zero-order valence-corrected chi connectivity index (χ0v) is 11.2. The van der Waals surface area contributed by atoms with Crippen molar-refractivity contribution in [1.29, 1.82) is 0 Å². The lowest BCUT2D eigenvalue weighted by Crippen LogP contribution is -2.19. The molecule has 100 valence electrons. The van der Waals surface area contributed by atoms with Crippen molar-refractivity contribution in [3.63, 3.8) is 0 Å². The fraction of sp³-hybridized carbons (Fsp3) is 0.600. The first kappa shape index (κ1) is 14.7. The Labute approximate surface area is 109 Å². The molecule has 0 saturated carbocycles. The highest BCUT2D eigenvalue weighted by molar-refractivity contribution is 5.95. The van der Waals surface area contributed by atoms with Crippen LogP contribution in [0, 0.1) is 11.8 Å². The number of ketones is 1. The maximum Gasteiger partial charge on any atom is 0.306 e. The minimum absolute atomic E-state index is 0.00311. The molecule has 0 bridgehead atoms. The van der Waals surface area contributed by atoms with E-state index >= 15 is 0 Å². The van der Waals surface area contributed by atoms with Gasteiger partial charge in [0, 0.05) is 5.92 Å². The van der Waals surface area contributed by atoms with Crippen molar-refractivity contribution in [3.8, 4) is 0 Å². The highest BCUT2D eigenvalue weighted by Crippen LogP contribution is 2.29. The molecule has 1 aliphatic carbocycles. The first-order valence-corrected chi connectivity index (χ1v) is 6.71. The van der Waals surface area contributed by atoms with Gasteiger partial charge in [-0.3, -0.25) is 9.59 Å². The lowest BCUT2D eigenvalue weighted by Gasteiger charge is -2.15. The monoisotopic (exact) mass is 250 g/mol. The van der Waals surface area contributed by atoms with Gasteiger partial charge >= 0.3 is 5.97 Å². The van der Waals surface area contributed by atoms with Crippen molar-refractivity contribution < 1.29 is 14.3 Å². The van der Waals surface area contributed by atoms with Gasteiger partial charge in [-0.2, -0.15) is 0 Å². The fourth-order valence-electron chi connectivity index (χ4n) is 2.07. The van der Waals surface area contributed by atoms with Crippen LogP contribution in [0.4, 0.5) is 0 Å². The Bertz CT molecular complexity index is 342. The van der Waals surface area contributed by atoms with Crippen LogP contribution >= 0.6 is 0 Å². The van der Waals surface area contributed by atoms with Crippen molar-refractivity contribution in [3.05, 3.63) is 24.3 Å². The Morgan fingerprint density at radius 1 is 1.39 bits per heavy atom. The van der Waals surface area contributed by atoms with E-state index in [1.54, 1.807) is 6.08 Å². The highest BCUT2D eigenvalue weighted by Gasteiger charge is 2.30. The lowest BCUT2D eigenvalue weighted by atomic mass is 9.89. The second-order valence-corrected chi connectivity index (χ2v) is 4.57. The van der Waals surface area contributed by atoms with Crippen LogP contribution < -0.4 is 0 Å². The summed E-state index contributed by atoms with van der Waals surface area (Å²) in [6.07, 6.45) is 10.4. The highest BCUT2D eigenvalue weighted by atomic mass is 16.5. The predicted molar refractivity (Wildman–Crippen MR) is 71.0 cm³/mol. The Kier molecular flexibility index (Phi) is 6.40. The van der Waals surface area contributed by atoms with Gasteiger partial charge in [0.15, 0.2) is 5.78 Å². The largest absolute Gasteiger partial charge is 0.466 e. The van der Waals surface area contributed by atoms with Gasteiger partial charge in [-0.15, -0.1) is 0 Å². The van der Waals surface area contributed by atoms with E-state index < -0.39 is 0 Å². The van der Waals surface area contributed by atoms with E-state index in [1.807, 2.05) is 19.1 Å². The lowest BCUT2D eigenvalue weighted by molar-refractivity contribution is -0.144. The molecule has 3 heteroatoms. The number of carbonyl (C=O) groups excluding carboxylic acids is 2. The Morgan fingerprint density at radius 2 is 2.17 bits per heavy atom. The van der Waals surface area contributed by atoms with Crippen LogP contribution in [0.1, 0.15) is 39.5 Å². The van der Waals surface area contributed by atoms with Crippen LogP contribution in [0.3, 0.4) is 0 Å². The zero-order valence-electron chi connectivity index (χ0n) is 11.2.